The third kappa shape index (κ3) is 2.58. The molecule has 0 aliphatic carbocycles. The summed E-state index contributed by atoms with van der Waals surface area (Å²) < 4.78 is 13.8. The van der Waals surface area contributed by atoms with Crippen LogP contribution in [0.3, 0.4) is 0 Å². The first kappa shape index (κ1) is 16.6. The van der Waals surface area contributed by atoms with Crippen molar-refractivity contribution in [3.63, 3.8) is 0 Å². The number of aromatic nitrogens is 2. The van der Waals surface area contributed by atoms with Crippen LogP contribution in [0.1, 0.15) is 16.1 Å². The minimum Gasteiger partial charge on any atom is -0.504 e. The molecule has 0 aromatic carbocycles. The van der Waals surface area contributed by atoms with Gasteiger partial charge in [0, 0.05) is 25.4 Å². The van der Waals surface area contributed by atoms with Gasteiger partial charge in [-0.25, -0.2) is 0 Å². The molecule has 3 N–H and O–H groups in total. The topological polar surface area (TPSA) is 114 Å². The van der Waals surface area contributed by atoms with Gasteiger partial charge in [0.2, 0.25) is 7.98 Å². The van der Waals surface area contributed by atoms with Crippen molar-refractivity contribution in [1.29, 1.82) is 0 Å². The quantitative estimate of drug-likeness (QED) is 0.349. The van der Waals surface area contributed by atoms with E-state index in [1.807, 2.05) is 0 Å². The van der Waals surface area contributed by atoms with Gasteiger partial charge < -0.3 is 24.9 Å². The molecule has 1 aliphatic heterocycles. The summed E-state index contributed by atoms with van der Waals surface area (Å²) in [4.78, 5) is 17.5. The number of amides is 1. The Bertz CT molecular complexity index is 965. The second kappa shape index (κ2) is 5.67. The average molecular weight is 345 g/mol. The lowest BCUT2D eigenvalue weighted by Crippen LogP contribution is -2.44. The Hall–Kier alpha value is -2.28. The summed E-state index contributed by atoms with van der Waals surface area (Å²) in [6, 6.07) is 1.73. The highest BCUT2D eigenvalue weighted by Gasteiger charge is 2.29. The number of aromatic hydroxyl groups is 1. The van der Waals surface area contributed by atoms with E-state index in [1.165, 1.54) is 10.8 Å². The normalized spacial score (nSPS) is 15.8. The summed E-state index contributed by atoms with van der Waals surface area (Å²) in [6.07, 6.45) is 1.81. The van der Waals surface area contributed by atoms with Crippen molar-refractivity contribution in [2.75, 3.05) is 19.9 Å². The van der Waals surface area contributed by atoms with E-state index in [0.717, 1.165) is 4.81 Å². The van der Waals surface area contributed by atoms with Gasteiger partial charge in [0.15, 0.2) is 16.9 Å². The van der Waals surface area contributed by atoms with Crippen molar-refractivity contribution in [2.45, 2.75) is 12.7 Å². The van der Waals surface area contributed by atoms with Gasteiger partial charge in [0.1, 0.15) is 5.52 Å². The van der Waals surface area contributed by atoms with Crippen LogP contribution in [-0.4, -0.2) is 53.2 Å². The van der Waals surface area contributed by atoms with Gasteiger partial charge in [0.05, 0.1) is 12.5 Å². The maximum atomic E-state index is 12.3. The fraction of sp³-hybridized carbons (Fsp3) is 0.357. The fourth-order valence-electron chi connectivity index (χ4n) is 2.97. The predicted octanol–water partition coefficient (Wildman–Crippen LogP) is 0.178. The van der Waals surface area contributed by atoms with E-state index in [0.29, 0.717) is 29.1 Å². The maximum Gasteiger partial charge on any atom is 0.261 e. The van der Waals surface area contributed by atoms with Crippen LogP contribution in [0.25, 0.3) is 10.9 Å². The van der Waals surface area contributed by atoms with Crippen LogP contribution in [0.15, 0.2) is 17.4 Å². The van der Waals surface area contributed by atoms with E-state index < -0.39 is 13.0 Å². The van der Waals surface area contributed by atoms with Gasteiger partial charge in [-0.15, -0.1) is 0 Å². The zero-order chi connectivity index (χ0) is 17.6. The van der Waals surface area contributed by atoms with Gasteiger partial charge in [-0.1, -0.05) is 0 Å². The molecule has 0 bridgehead atoms. The number of hydrogen-bond donors (Lipinski definition) is 2. The molecular formula is C14H17BN5O3P. The molecule has 1 aliphatic rings. The molecule has 10 heteroatoms. The summed E-state index contributed by atoms with van der Waals surface area (Å²) in [6.45, 7) is 3.96. The minimum atomic E-state index is -2.38. The molecule has 2 aromatic heterocycles. The largest absolute Gasteiger partial charge is 0.504 e. The molecular weight excluding hydrogens is 328 g/mol. The smallest absolute Gasteiger partial charge is 0.261 e. The van der Waals surface area contributed by atoms with Crippen molar-refractivity contribution in [2.24, 2.45) is 10.9 Å². The van der Waals surface area contributed by atoms with Gasteiger partial charge >= 0.3 is 0 Å². The van der Waals surface area contributed by atoms with Gasteiger partial charge in [0.25, 0.3) is 5.91 Å². The van der Waals surface area contributed by atoms with E-state index in [4.69, 9.17) is 13.8 Å². The monoisotopic (exact) mass is 345 g/mol. The van der Waals surface area contributed by atoms with Gasteiger partial charge in [-0.05, 0) is 25.0 Å². The van der Waals surface area contributed by atoms with Crippen LogP contribution in [0, 0.1) is 0 Å². The molecule has 1 amide bonds. The fourth-order valence-corrected chi connectivity index (χ4v) is 4.05. The number of rotatable bonds is 2. The Kier molecular flexibility index (Phi) is 3.91. The molecule has 0 atom stereocenters. The van der Waals surface area contributed by atoms with Crippen molar-refractivity contribution < 1.29 is 14.5 Å². The average Bonchev–Trinajstić information content (AvgIpc) is 2.50. The number of carbonyl (C=O) groups excluding carboxylic acids is 1. The number of hydrogen-bond acceptors (Lipinski definition) is 6. The second-order valence-corrected chi connectivity index (χ2v) is 9.69. The summed E-state index contributed by atoms with van der Waals surface area (Å²) in [7, 11) is 3.27. The summed E-state index contributed by atoms with van der Waals surface area (Å²) in [5.74, 6) is 4.76. The third-order valence-electron chi connectivity index (χ3n) is 3.94. The highest BCUT2D eigenvalue weighted by molar-refractivity contribution is 7.61. The molecule has 8 nitrogen and oxygen atoms in total. The van der Waals surface area contributed by atoms with Gasteiger partial charge in [-0.3, -0.25) is 9.78 Å². The van der Waals surface area contributed by atoms with Crippen molar-refractivity contribution in [3.8, 4) is 5.75 Å². The molecule has 0 spiro atoms. The van der Waals surface area contributed by atoms with Crippen LogP contribution in [0.2, 0.25) is 0 Å². The SMILES string of the molecule is [B]N1CCn2c(c(O)c3nccc(CP(C)(C)=O)c3/c2=N/N)C1=O. The lowest BCUT2D eigenvalue weighted by Gasteiger charge is -2.28. The Morgan fingerprint density at radius 2 is 2.17 bits per heavy atom. The van der Waals surface area contributed by atoms with Crippen molar-refractivity contribution >= 4 is 31.9 Å². The highest BCUT2D eigenvalue weighted by atomic mass is 31.2. The second-order valence-electron chi connectivity index (χ2n) is 6.23. The maximum absolute atomic E-state index is 12.3. The Morgan fingerprint density at radius 1 is 1.46 bits per heavy atom. The van der Waals surface area contributed by atoms with Crippen molar-refractivity contribution in [3.05, 3.63) is 29.0 Å². The van der Waals surface area contributed by atoms with E-state index in [-0.39, 0.29) is 23.5 Å². The van der Waals surface area contributed by atoms with Crippen LogP contribution < -0.4 is 11.3 Å². The summed E-state index contributed by atoms with van der Waals surface area (Å²) in [5, 5.41) is 14.9. The van der Waals surface area contributed by atoms with Crippen LogP contribution >= 0.6 is 7.14 Å². The first-order chi connectivity index (χ1) is 11.2. The first-order valence-electron chi connectivity index (χ1n) is 7.32. The number of carbonyl (C=O) groups is 1. The molecule has 2 radical (unpaired) electrons. The third-order valence-corrected chi connectivity index (χ3v) is 5.04. The molecule has 2 aromatic rings. The Labute approximate surface area is 139 Å². The molecule has 3 heterocycles. The van der Waals surface area contributed by atoms with Crippen molar-refractivity contribution in [1.82, 2.24) is 14.4 Å². The van der Waals surface area contributed by atoms with E-state index in [9.17, 15) is 14.5 Å². The lowest BCUT2D eigenvalue weighted by molar-refractivity contribution is 0.0818. The Morgan fingerprint density at radius 3 is 2.79 bits per heavy atom. The Balaban J connectivity index is 2.45. The zero-order valence-electron chi connectivity index (χ0n) is 13.4. The number of nitrogens with two attached hydrogens (primary N) is 1. The minimum absolute atomic E-state index is 0.00118. The molecule has 3 rings (SSSR count). The molecule has 0 unspecified atom stereocenters. The van der Waals surface area contributed by atoms with Gasteiger partial charge in [-0.2, -0.15) is 5.10 Å². The van der Waals surface area contributed by atoms with E-state index in [1.54, 1.807) is 19.4 Å². The van der Waals surface area contributed by atoms with Crippen LogP contribution in [-0.2, 0) is 17.3 Å². The number of fused-ring (bicyclic) bond motifs is 2. The predicted molar refractivity (Wildman–Crippen MR) is 91.1 cm³/mol. The van der Waals surface area contributed by atoms with E-state index in [2.05, 4.69) is 10.1 Å². The van der Waals surface area contributed by atoms with Crippen LogP contribution in [0.4, 0.5) is 0 Å². The molecule has 24 heavy (non-hydrogen) atoms. The highest BCUT2D eigenvalue weighted by Crippen LogP contribution is 2.42. The summed E-state index contributed by atoms with van der Waals surface area (Å²) >= 11 is 0. The number of pyridine rings is 2. The molecule has 0 fully saturated rings. The molecule has 0 saturated carbocycles. The lowest BCUT2D eigenvalue weighted by atomic mass is 10.1. The molecule has 124 valence electrons. The first-order valence-corrected chi connectivity index (χ1v) is 10.1. The van der Waals surface area contributed by atoms with E-state index >= 15 is 0 Å². The standard InChI is InChI=1S/C14H17BN5O3P/c1-24(2,23)7-8-3-4-17-10-9(8)13(18-16)19-5-6-20(15)14(22)11(19)12(10)21/h3-4,21H,5-7,16H2,1-2H3/b18-13-. The zero-order valence-corrected chi connectivity index (χ0v) is 14.3. The molecule has 0 saturated heterocycles. The van der Waals surface area contributed by atoms with Crippen LogP contribution in [0.5, 0.6) is 5.75 Å². The number of nitrogens with zero attached hydrogens (tertiary/aromatic N) is 4. The summed E-state index contributed by atoms with van der Waals surface area (Å²) in [5.41, 5.74) is 1.22.